The van der Waals surface area contributed by atoms with Crippen molar-refractivity contribution in [3.63, 3.8) is 0 Å². The number of nitrogens with one attached hydrogen (secondary N) is 2. The zero-order chi connectivity index (χ0) is 14.7. The highest BCUT2D eigenvalue weighted by Crippen LogP contribution is 2.06. The van der Waals surface area contributed by atoms with Crippen LogP contribution in [-0.4, -0.2) is 27.0 Å². The number of aromatic amines is 1. The van der Waals surface area contributed by atoms with E-state index in [0.29, 0.717) is 5.69 Å². The fourth-order valence-corrected chi connectivity index (χ4v) is 1.56. The second-order valence-electron chi connectivity index (χ2n) is 4.05. The van der Waals surface area contributed by atoms with E-state index in [2.05, 4.69) is 15.3 Å². The molecule has 2 aromatic heterocycles. The average molecular weight is 273 g/mol. The van der Waals surface area contributed by atoms with Gasteiger partial charge in [0.05, 0.1) is 0 Å². The average Bonchev–Trinajstić information content (AvgIpc) is 2.38. The Bertz CT molecular complexity index is 736. The van der Waals surface area contributed by atoms with E-state index in [0.717, 1.165) is 0 Å². The van der Waals surface area contributed by atoms with Gasteiger partial charge in [0.25, 0.3) is 11.5 Å². The molecule has 102 valence electrons. The van der Waals surface area contributed by atoms with Crippen LogP contribution in [0.25, 0.3) is 0 Å². The fourth-order valence-electron chi connectivity index (χ4n) is 1.56. The van der Waals surface area contributed by atoms with E-state index < -0.39 is 17.4 Å². The van der Waals surface area contributed by atoms with Crippen LogP contribution in [0.2, 0.25) is 0 Å². The smallest absolute Gasteiger partial charge is 0.354 e. The molecule has 0 saturated carbocycles. The third-order valence-electron chi connectivity index (χ3n) is 2.51. The summed E-state index contributed by atoms with van der Waals surface area (Å²) in [4.78, 5) is 40.5. The Morgan fingerprint density at radius 2 is 2.00 bits per heavy atom. The van der Waals surface area contributed by atoms with E-state index in [9.17, 15) is 14.4 Å². The van der Waals surface area contributed by atoms with E-state index in [1.54, 1.807) is 13.0 Å². The molecule has 0 atom stereocenters. The first-order chi connectivity index (χ1) is 9.47. The quantitative estimate of drug-likeness (QED) is 0.773. The number of hydrogen-bond donors (Lipinski definition) is 3. The number of aromatic carboxylic acids is 1. The summed E-state index contributed by atoms with van der Waals surface area (Å²) in [5.41, 5.74) is -0.145. The van der Waals surface area contributed by atoms with Crippen molar-refractivity contribution in [1.29, 1.82) is 0 Å². The summed E-state index contributed by atoms with van der Waals surface area (Å²) >= 11 is 0. The highest BCUT2D eigenvalue weighted by molar-refractivity contribution is 6.03. The maximum atomic E-state index is 11.9. The molecule has 0 aliphatic heterocycles. The molecule has 0 aromatic carbocycles. The molecule has 2 heterocycles. The highest BCUT2D eigenvalue weighted by Gasteiger charge is 2.12. The van der Waals surface area contributed by atoms with Crippen molar-refractivity contribution in [3.8, 4) is 0 Å². The number of H-pyrrole nitrogens is 1. The maximum absolute atomic E-state index is 11.9. The molecule has 7 heteroatoms. The second-order valence-corrected chi connectivity index (χ2v) is 4.05. The number of carbonyl (C=O) groups excluding carboxylic acids is 1. The van der Waals surface area contributed by atoms with Crippen LogP contribution >= 0.6 is 0 Å². The first kappa shape index (κ1) is 13.5. The third-order valence-corrected chi connectivity index (χ3v) is 2.51. The van der Waals surface area contributed by atoms with Crippen molar-refractivity contribution in [1.82, 2.24) is 9.97 Å². The molecule has 2 aromatic rings. The summed E-state index contributed by atoms with van der Waals surface area (Å²) in [6, 6.07) is 7.18. The third kappa shape index (κ3) is 2.89. The molecule has 0 spiro atoms. The number of amides is 1. The summed E-state index contributed by atoms with van der Waals surface area (Å²) in [6.07, 6.45) is 0. The van der Waals surface area contributed by atoms with Gasteiger partial charge in [-0.05, 0) is 31.2 Å². The SMILES string of the molecule is Cc1ccc(C(=O)Nc2cccc(C(=O)O)n2)c(=O)[nH]1. The summed E-state index contributed by atoms with van der Waals surface area (Å²) in [5, 5.41) is 11.2. The fraction of sp³-hybridized carbons (Fsp3) is 0.0769. The van der Waals surface area contributed by atoms with Crippen molar-refractivity contribution >= 4 is 17.7 Å². The van der Waals surface area contributed by atoms with Gasteiger partial charge in [0.2, 0.25) is 0 Å². The molecule has 1 amide bonds. The van der Waals surface area contributed by atoms with Gasteiger partial charge in [-0.1, -0.05) is 6.07 Å². The largest absolute Gasteiger partial charge is 0.477 e. The minimum Gasteiger partial charge on any atom is -0.477 e. The Morgan fingerprint density at radius 1 is 1.25 bits per heavy atom. The minimum atomic E-state index is -1.20. The number of carboxylic acids is 1. The lowest BCUT2D eigenvalue weighted by Gasteiger charge is -2.04. The van der Waals surface area contributed by atoms with Crippen LogP contribution in [0, 0.1) is 6.92 Å². The van der Waals surface area contributed by atoms with E-state index in [4.69, 9.17) is 5.11 Å². The highest BCUT2D eigenvalue weighted by atomic mass is 16.4. The van der Waals surface area contributed by atoms with E-state index >= 15 is 0 Å². The van der Waals surface area contributed by atoms with Crippen molar-refractivity contribution in [2.45, 2.75) is 6.92 Å². The zero-order valence-corrected chi connectivity index (χ0v) is 10.5. The van der Waals surface area contributed by atoms with Crippen molar-refractivity contribution < 1.29 is 14.7 Å². The Kier molecular flexibility index (Phi) is 3.60. The second kappa shape index (κ2) is 5.35. The number of carboxylic acid groups (broad SMARTS) is 1. The number of pyridine rings is 2. The van der Waals surface area contributed by atoms with Crippen LogP contribution in [-0.2, 0) is 0 Å². The summed E-state index contributed by atoms with van der Waals surface area (Å²) in [6.45, 7) is 1.70. The predicted octanol–water partition coefficient (Wildman–Crippen LogP) is 1.03. The monoisotopic (exact) mass is 273 g/mol. The lowest BCUT2D eigenvalue weighted by atomic mass is 10.2. The number of aromatic nitrogens is 2. The first-order valence-corrected chi connectivity index (χ1v) is 5.69. The van der Waals surface area contributed by atoms with Gasteiger partial charge in [-0.3, -0.25) is 9.59 Å². The summed E-state index contributed by atoms with van der Waals surface area (Å²) in [7, 11) is 0. The number of rotatable bonds is 3. The Balaban J connectivity index is 2.25. The summed E-state index contributed by atoms with van der Waals surface area (Å²) in [5.74, 6) is -1.79. The topological polar surface area (TPSA) is 112 Å². The molecule has 2 rings (SSSR count). The lowest BCUT2D eigenvalue weighted by Crippen LogP contribution is -2.23. The zero-order valence-electron chi connectivity index (χ0n) is 10.5. The maximum Gasteiger partial charge on any atom is 0.354 e. The van der Waals surface area contributed by atoms with Crippen molar-refractivity contribution in [2.75, 3.05) is 5.32 Å². The predicted molar refractivity (Wildman–Crippen MR) is 70.9 cm³/mol. The van der Waals surface area contributed by atoms with Gasteiger partial charge in [-0.15, -0.1) is 0 Å². The van der Waals surface area contributed by atoms with Crippen LogP contribution in [0.15, 0.2) is 35.1 Å². The molecular weight excluding hydrogens is 262 g/mol. The molecule has 3 N–H and O–H groups in total. The molecule has 0 fully saturated rings. The molecule has 7 nitrogen and oxygen atoms in total. The number of carbonyl (C=O) groups is 2. The van der Waals surface area contributed by atoms with E-state index in [1.807, 2.05) is 0 Å². The number of nitrogens with zero attached hydrogens (tertiary/aromatic N) is 1. The molecule has 0 radical (unpaired) electrons. The molecule has 0 aliphatic carbocycles. The van der Waals surface area contributed by atoms with Crippen LogP contribution in [0.4, 0.5) is 5.82 Å². The number of hydrogen-bond acceptors (Lipinski definition) is 4. The van der Waals surface area contributed by atoms with Crippen LogP contribution in [0.5, 0.6) is 0 Å². The van der Waals surface area contributed by atoms with Gasteiger partial charge in [0, 0.05) is 5.69 Å². The Labute approximate surface area is 113 Å². The molecule has 0 aliphatic rings. The molecule has 0 unspecified atom stereocenters. The molecular formula is C13H11N3O4. The number of anilines is 1. The van der Waals surface area contributed by atoms with Crippen molar-refractivity contribution in [2.24, 2.45) is 0 Å². The molecule has 0 bridgehead atoms. The number of aryl methyl sites for hydroxylation is 1. The lowest BCUT2D eigenvalue weighted by molar-refractivity contribution is 0.0690. The van der Waals surface area contributed by atoms with Gasteiger partial charge in [0.1, 0.15) is 11.4 Å². The Morgan fingerprint density at radius 3 is 2.65 bits per heavy atom. The van der Waals surface area contributed by atoms with E-state index in [1.165, 1.54) is 24.3 Å². The normalized spacial score (nSPS) is 10.1. The summed E-state index contributed by atoms with van der Waals surface area (Å²) < 4.78 is 0. The minimum absolute atomic E-state index is 0.0647. The van der Waals surface area contributed by atoms with E-state index in [-0.39, 0.29) is 17.1 Å². The van der Waals surface area contributed by atoms with Gasteiger partial charge in [0.15, 0.2) is 5.69 Å². The van der Waals surface area contributed by atoms with Crippen molar-refractivity contribution in [3.05, 3.63) is 57.6 Å². The van der Waals surface area contributed by atoms with Gasteiger partial charge < -0.3 is 15.4 Å². The standard InChI is InChI=1S/C13H11N3O4/c1-7-5-6-8(11(17)14-7)12(18)16-10-4-2-3-9(15-10)13(19)20/h2-6H,1H3,(H,14,17)(H,19,20)(H,15,16,18). The van der Waals surface area contributed by atoms with Crippen LogP contribution in [0.1, 0.15) is 26.5 Å². The molecule has 0 saturated heterocycles. The Hall–Kier alpha value is -2.96. The first-order valence-electron chi connectivity index (χ1n) is 5.69. The molecule has 20 heavy (non-hydrogen) atoms. The van der Waals surface area contributed by atoms with Gasteiger partial charge >= 0.3 is 5.97 Å². The van der Waals surface area contributed by atoms with Crippen LogP contribution < -0.4 is 10.9 Å². The van der Waals surface area contributed by atoms with Crippen LogP contribution in [0.3, 0.4) is 0 Å². The van der Waals surface area contributed by atoms with Gasteiger partial charge in [-0.25, -0.2) is 9.78 Å². The van der Waals surface area contributed by atoms with Gasteiger partial charge in [-0.2, -0.15) is 0 Å².